The molecule has 1 aliphatic heterocycles. The van der Waals surface area contributed by atoms with Gasteiger partial charge in [0.1, 0.15) is 9.79 Å². The number of aromatic nitrogens is 2. The quantitative estimate of drug-likeness (QED) is 0.0736. The van der Waals surface area contributed by atoms with Gasteiger partial charge in [-0.25, -0.2) is 14.3 Å². The second kappa shape index (κ2) is 14.4. The molecular weight excluding hydrogens is 797 g/mol. The summed E-state index contributed by atoms with van der Waals surface area (Å²) in [6.45, 7) is 0. The van der Waals surface area contributed by atoms with Gasteiger partial charge in [-0.05, 0) is 48.6 Å². The molecule has 5 N–H and O–H groups in total. The Hall–Kier alpha value is -5.61. The van der Waals surface area contributed by atoms with Crippen molar-refractivity contribution in [3.05, 3.63) is 87.9 Å². The predicted molar refractivity (Wildman–Crippen MR) is 177 cm³/mol. The van der Waals surface area contributed by atoms with Crippen LogP contribution < -0.4 is 10.6 Å². The first-order valence-electron chi connectivity index (χ1n) is 13.6. The summed E-state index contributed by atoms with van der Waals surface area (Å²) >= 11 is 0. The molecule has 0 fully saturated rings. The minimum absolute atomic E-state index is 0.238. The molecule has 0 radical (unpaired) electrons. The van der Waals surface area contributed by atoms with Crippen molar-refractivity contribution in [1.29, 1.82) is 0 Å². The molecule has 0 bridgehead atoms. The standard InChI is InChI=1S/C27H22N4O18S4/c1-48-26(34)22-16(24(32)30(28-22)18-12-14(50(36,37)38)8-10-20(18)52(42,43)44)6-4-3-5-7-17-23(27(35)49-2)29-31(25(17)33)19-13-15(51(39,40)41)9-11-21(19)53(45,46)47/h3-13,28H,1-2H3,(H,36,37,38)(H,39,40,41)(H,42,43,44)(H,45,46,47)/b5-3+,6-4+,17-7-. The van der Waals surface area contributed by atoms with E-state index in [1.165, 1.54) is 0 Å². The minimum atomic E-state index is -5.16. The lowest BCUT2D eigenvalue weighted by atomic mass is 10.1. The first kappa shape index (κ1) is 40.2. The number of hydrazone groups is 1. The van der Waals surface area contributed by atoms with E-state index in [-0.39, 0.29) is 5.01 Å². The number of esters is 2. The Bertz CT molecular complexity index is 2720. The normalized spacial score (nSPS) is 15.1. The highest BCUT2D eigenvalue weighted by molar-refractivity contribution is 7.87. The summed E-state index contributed by atoms with van der Waals surface area (Å²) in [5.74, 6) is -3.70. The Kier molecular flexibility index (Phi) is 10.9. The first-order chi connectivity index (χ1) is 24.4. The summed E-state index contributed by atoms with van der Waals surface area (Å²) in [5.41, 5.74) is -5.43. The summed E-state index contributed by atoms with van der Waals surface area (Å²) in [7, 11) is -18.4. The Morgan fingerprint density at radius 2 is 1.23 bits per heavy atom. The topological polar surface area (TPSA) is 341 Å². The number of hydrogen-bond donors (Lipinski definition) is 5. The van der Waals surface area contributed by atoms with Crippen LogP contribution in [-0.4, -0.2) is 99.4 Å². The summed E-state index contributed by atoms with van der Waals surface area (Å²) in [6, 6.07) is 3.33. The number of carbonyl (C=O) groups excluding carboxylic acids is 3. The second-order valence-electron chi connectivity index (χ2n) is 10.1. The van der Waals surface area contributed by atoms with Gasteiger partial charge < -0.3 is 9.47 Å². The highest BCUT2D eigenvalue weighted by atomic mass is 32.2. The molecule has 0 atom stereocenters. The Morgan fingerprint density at radius 3 is 1.72 bits per heavy atom. The molecule has 3 aromatic rings. The molecule has 282 valence electrons. The lowest BCUT2D eigenvalue weighted by Crippen LogP contribution is -2.24. The van der Waals surface area contributed by atoms with E-state index in [0.29, 0.717) is 41.1 Å². The number of ether oxygens (including phenoxy) is 2. The number of rotatable bonds is 11. The number of benzene rings is 2. The second-order valence-corrected chi connectivity index (χ2v) is 15.7. The van der Waals surface area contributed by atoms with Gasteiger partial charge in [-0.3, -0.25) is 32.9 Å². The minimum Gasteiger partial charge on any atom is -0.464 e. The highest BCUT2D eigenvalue weighted by Gasteiger charge is 2.38. The van der Waals surface area contributed by atoms with Crippen LogP contribution in [0.3, 0.4) is 0 Å². The van der Waals surface area contributed by atoms with Crippen LogP contribution in [0, 0.1) is 0 Å². The zero-order valence-electron chi connectivity index (χ0n) is 26.3. The van der Waals surface area contributed by atoms with Gasteiger partial charge >= 0.3 is 11.9 Å². The van der Waals surface area contributed by atoms with E-state index in [4.69, 9.17) is 0 Å². The number of carbonyl (C=O) groups is 3. The summed E-state index contributed by atoms with van der Waals surface area (Å²) in [4.78, 5) is 47.9. The van der Waals surface area contributed by atoms with Crippen LogP contribution in [0.15, 0.2) is 95.8 Å². The van der Waals surface area contributed by atoms with Crippen molar-refractivity contribution in [1.82, 2.24) is 9.78 Å². The zero-order chi connectivity index (χ0) is 39.8. The maximum absolute atomic E-state index is 13.4. The number of hydrogen-bond acceptors (Lipinski definition) is 15. The number of amides is 1. The molecule has 53 heavy (non-hydrogen) atoms. The van der Waals surface area contributed by atoms with Crippen molar-refractivity contribution >= 4 is 75.8 Å². The Labute approximate surface area is 297 Å². The van der Waals surface area contributed by atoms with E-state index in [1.807, 2.05) is 0 Å². The largest absolute Gasteiger partial charge is 0.464 e. The molecule has 0 saturated carbocycles. The third kappa shape index (κ3) is 8.39. The molecule has 0 aliphatic carbocycles. The van der Waals surface area contributed by atoms with Gasteiger partial charge in [0.25, 0.3) is 51.9 Å². The van der Waals surface area contributed by atoms with Crippen LogP contribution in [0.4, 0.5) is 5.69 Å². The molecule has 0 saturated heterocycles. The molecular formula is C27H22N4O18S4. The van der Waals surface area contributed by atoms with Gasteiger partial charge in [0.2, 0.25) is 0 Å². The fourth-order valence-electron chi connectivity index (χ4n) is 4.47. The molecule has 1 aliphatic rings. The third-order valence-corrected chi connectivity index (χ3v) is 10.3. The van der Waals surface area contributed by atoms with Gasteiger partial charge in [0.05, 0.1) is 46.5 Å². The summed E-state index contributed by atoms with van der Waals surface area (Å²) < 4.78 is 143. The fraction of sp³-hybridized carbons (Fsp3) is 0.0741. The maximum Gasteiger partial charge on any atom is 0.359 e. The van der Waals surface area contributed by atoms with Crippen LogP contribution in [0.25, 0.3) is 11.8 Å². The maximum atomic E-state index is 13.4. The molecule has 0 spiro atoms. The number of methoxy groups -OCH3 is 2. The molecule has 1 amide bonds. The van der Waals surface area contributed by atoms with E-state index in [0.717, 1.165) is 44.6 Å². The van der Waals surface area contributed by atoms with Crippen LogP contribution in [-0.2, 0) is 59.5 Å². The summed E-state index contributed by atoms with van der Waals surface area (Å²) in [6.07, 6.45) is 5.10. The lowest BCUT2D eigenvalue weighted by Gasteiger charge is -2.15. The highest BCUT2D eigenvalue weighted by Crippen LogP contribution is 2.33. The van der Waals surface area contributed by atoms with Crippen LogP contribution in [0.5, 0.6) is 0 Å². The van der Waals surface area contributed by atoms with Crippen LogP contribution >= 0.6 is 0 Å². The smallest absolute Gasteiger partial charge is 0.359 e. The van der Waals surface area contributed by atoms with Crippen LogP contribution in [0.2, 0.25) is 0 Å². The number of anilines is 1. The Balaban J connectivity index is 1.80. The van der Waals surface area contributed by atoms with E-state index < -0.39 is 117 Å². The molecule has 0 unspecified atom stereocenters. The van der Waals surface area contributed by atoms with E-state index in [2.05, 4.69) is 19.7 Å². The number of aromatic amines is 1. The lowest BCUT2D eigenvalue weighted by molar-refractivity contribution is -0.132. The van der Waals surface area contributed by atoms with Crippen LogP contribution in [0.1, 0.15) is 16.1 Å². The van der Waals surface area contributed by atoms with E-state index in [1.54, 1.807) is 0 Å². The monoisotopic (exact) mass is 818 g/mol. The molecule has 26 heteroatoms. The van der Waals surface area contributed by atoms with Gasteiger partial charge in [-0.2, -0.15) is 43.8 Å². The molecule has 1 aromatic heterocycles. The zero-order valence-corrected chi connectivity index (χ0v) is 29.6. The first-order valence-corrected chi connectivity index (χ1v) is 19.4. The van der Waals surface area contributed by atoms with Gasteiger partial charge in [0.15, 0.2) is 11.4 Å². The molecule has 2 heterocycles. The van der Waals surface area contributed by atoms with Crippen molar-refractivity contribution in [2.75, 3.05) is 19.2 Å². The van der Waals surface area contributed by atoms with Gasteiger partial charge in [-0.1, -0.05) is 18.2 Å². The van der Waals surface area contributed by atoms with Gasteiger partial charge in [0, 0.05) is 0 Å². The van der Waals surface area contributed by atoms with Crippen molar-refractivity contribution in [2.24, 2.45) is 5.10 Å². The summed E-state index contributed by atoms with van der Waals surface area (Å²) in [5, 5.41) is 6.18. The number of nitrogens with one attached hydrogen (secondary N) is 1. The molecule has 22 nitrogen and oxygen atoms in total. The average molecular weight is 819 g/mol. The van der Waals surface area contributed by atoms with Crippen molar-refractivity contribution in [3.63, 3.8) is 0 Å². The predicted octanol–water partition coefficient (Wildman–Crippen LogP) is 0.0106. The number of H-pyrrole nitrogens is 1. The fourth-order valence-corrected chi connectivity index (χ4v) is 6.77. The molecule has 4 rings (SSSR count). The van der Waals surface area contributed by atoms with Gasteiger partial charge in [-0.15, -0.1) is 0 Å². The SMILES string of the molecule is COC(=O)C1=NN(c2cc(S(=O)(=O)O)ccc2S(=O)(=O)O)C(=O)\C1=C/C=C/C=C/c1c(C(=O)OC)[nH]n(-c2cc(S(=O)(=O)O)ccc2S(=O)(=O)O)c1=O. The van der Waals surface area contributed by atoms with E-state index in [9.17, 15) is 71.1 Å². The number of nitrogens with zero attached hydrogens (tertiary/aromatic N) is 3. The van der Waals surface area contributed by atoms with Crippen molar-refractivity contribution in [2.45, 2.75) is 19.6 Å². The van der Waals surface area contributed by atoms with E-state index >= 15 is 0 Å². The Morgan fingerprint density at radius 1 is 0.717 bits per heavy atom. The molecule has 2 aromatic carbocycles. The average Bonchev–Trinajstić information content (AvgIpc) is 3.57. The van der Waals surface area contributed by atoms with Crippen molar-refractivity contribution < 1.29 is 75.7 Å². The third-order valence-electron chi connectivity index (χ3n) is 6.80. The van der Waals surface area contributed by atoms with Crippen molar-refractivity contribution in [3.8, 4) is 5.69 Å². The number of allylic oxidation sites excluding steroid dienone is 4.